The number of benzene rings is 1. The van der Waals surface area contributed by atoms with E-state index in [1.807, 2.05) is 0 Å². The molecule has 3 saturated carbocycles. The van der Waals surface area contributed by atoms with E-state index >= 15 is 0 Å². The predicted molar refractivity (Wildman–Crippen MR) is 76.1 cm³/mol. The first-order chi connectivity index (χ1) is 9.74. The van der Waals surface area contributed by atoms with Crippen LogP contribution in [0.25, 0.3) is 0 Å². The topological polar surface area (TPSA) is 29.5 Å². The van der Waals surface area contributed by atoms with E-state index in [2.05, 4.69) is 30.3 Å². The van der Waals surface area contributed by atoms with Crippen LogP contribution in [-0.4, -0.2) is 17.5 Å². The second-order valence-electron chi connectivity index (χ2n) is 7.49. The Morgan fingerprint density at radius 1 is 1.10 bits per heavy atom. The summed E-state index contributed by atoms with van der Waals surface area (Å²) in [5, 5.41) is 11.0. The van der Waals surface area contributed by atoms with Gasteiger partial charge in [0.1, 0.15) is 0 Å². The Hall–Kier alpha value is -0.860. The number of hydrogen-bond acceptors (Lipinski definition) is 2. The second kappa shape index (κ2) is 3.66. The molecule has 0 aromatic heterocycles. The zero-order chi connectivity index (χ0) is 13.4. The predicted octanol–water partition coefficient (Wildman–Crippen LogP) is 3.32. The van der Waals surface area contributed by atoms with E-state index in [4.69, 9.17) is 4.74 Å². The van der Waals surface area contributed by atoms with Gasteiger partial charge in [-0.15, -0.1) is 0 Å². The van der Waals surface area contributed by atoms with Crippen LogP contribution in [0.3, 0.4) is 0 Å². The number of ether oxygens (including phenoxy) is 1. The molecular formula is C18H22O2. The summed E-state index contributed by atoms with van der Waals surface area (Å²) in [6, 6.07) is 11.0. The van der Waals surface area contributed by atoms with Crippen molar-refractivity contribution in [1.82, 2.24) is 0 Å². The summed E-state index contributed by atoms with van der Waals surface area (Å²) in [4.78, 5) is 0. The van der Waals surface area contributed by atoms with Crippen LogP contribution >= 0.6 is 0 Å². The van der Waals surface area contributed by atoms with Crippen molar-refractivity contribution in [3.05, 3.63) is 35.9 Å². The fraction of sp³-hybridized carbons (Fsp3) is 0.667. The number of aliphatic hydroxyl groups is 1. The van der Waals surface area contributed by atoms with Gasteiger partial charge in [0.05, 0.1) is 6.61 Å². The molecule has 1 heterocycles. The van der Waals surface area contributed by atoms with Gasteiger partial charge in [-0.05, 0) is 54.4 Å². The van der Waals surface area contributed by atoms with Crippen molar-refractivity contribution in [2.75, 3.05) is 6.61 Å². The molecule has 1 aliphatic heterocycles. The lowest BCUT2D eigenvalue weighted by molar-refractivity contribution is -0.191. The highest BCUT2D eigenvalue weighted by Gasteiger charge is 2.73. The molecule has 5 rings (SSSR count). The average Bonchev–Trinajstić information content (AvgIpc) is 3.14. The maximum absolute atomic E-state index is 11.0. The normalized spacial score (nSPS) is 52.2. The summed E-state index contributed by atoms with van der Waals surface area (Å²) >= 11 is 0. The van der Waals surface area contributed by atoms with Gasteiger partial charge in [0.25, 0.3) is 0 Å². The molecule has 4 aliphatic rings. The van der Waals surface area contributed by atoms with Crippen molar-refractivity contribution in [3.63, 3.8) is 0 Å². The van der Waals surface area contributed by atoms with Crippen molar-refractivity contribution in [3.8, 4) is 0 Å². The summed E-state index contributed by atoms with van der Waals surface area (Å²) < 4.78 is 5.87. The van der Waals surface area contributed by atoms with Gasteiger partial charge in [-0.3, -0.25) is 0 Å². The Morgan fingerprint density at radius 3 is 2.80 bits per heavy atom. The number of rotatable bonds is 1. The minimum atomic E-state index is -0.792. The first-order valence-electron chi connectivity index (χ1n) is 8.15. The standard InChI is InChI=1S/C18H22O2/c19-18-10-14-6-7-15(12-4-2-1-3-5-12)17(14)9-8-13(11-20-18)16(17)18/h1-5,13-16,19H,6-11H2/t13-,14-,15-,16+,17+,18-/m1/s1. The molecule has 106 valence electrons. The lowest BCUT2D eigenvalue weighted by Gasteiger charge is -2.38. The molecule has 4 fully saturated rings. The molecule has 20 heavy (non-hydrogen) atoms. The van der Waals surface area contributed by atoms with Gasteiger partial charge in [0.15, 0.2) is 5.79 Å². The lowest BCUT2D eigenvalue weighted by Crippen LogP contribution is -2.38. The highest BCUT2D eigenvalue weighted by molar-refractivity contribution is 5.30. The first kappa shape index (κ1) is 11.8. The van der Waals surface area contributed by atoms with Crippen molar-refractivity contribution in [1.29, 1.82) is 0 Å². The van der Waals surface area contributed by atoms with Crippen LogP contribution < -0.4 is 0 Å². The van der Waals surface area contributed by atoms with Crippen molar-refractivity contribution in [2.45, 2.75) is 43.8 Å². The fourth-order valence-electron chi connectivity index (χ4n) is 6.54. The van der Waals surface area contributed by atoms with Crippen LogP contribution in [0.4, 0.5) is 0 Å². The van der Waals surface area contributed by atoms with Crippen LogP contribution in [0.1, 0.15) is 43.6 Å². The minimum Gasteiger partial charge on any atom is -0.365 e. The third kappa shape index (κ3) is 1.19. The van der Waals surface area contributed by atoms with Crippen LogP contribution in [0.2, 0.25) is 0 Å². The highest BCUT2D eigenvalue weighted by Crippen LogP contribution is 2.75. The van der Waals surface area contributed by atoms with E-state index in [0.717, 1.165) is 13.0 Å². The van der Waals surface area contributed by atoms with Crippen LogP contribution in [0.5, 0.6) is 0 Å². The van der Waals surface area contributed by atoms with Crippen molar-refractivity contribution < 1.29 is 9.84 Å². The molecule has 6 atom stereocenters. The third-order valence-electron chi connectivity index (χ3n) is 6.99. The van der Waals surface area contributed by atoms with E-state index in [9.17, 15) is 5.11 Å². The van der Waals surface area contributed by atoms with Crippen molar-refractivity contribution in [2.24, 2.45) is 23.2 Å². The molecule has 1 aromatic rings. The van der Waals surface area contributed by atoms with Gasteiger partial charge >= 0.3 is 0 Å². The molecule has 1 N–H and O–H groups in total. The molecular weight excluding hydrogens is 248 g/mol. The third-order valence-corrected chi connectivity index (χ3v) is 6.99. The van der Waals surface area contributed by atoms with Gasteiger partial charge in [0.2, 0.25) is 0 Å². The van der Waals surface area contributed by atoms with E-state index in [1.54, 1.807) is 0 Å². The molecule has 3 aliphatic carbocycles. The number of hydrogen-bond donors (Lipinski definition) is 1. The minimum absolute atomic E-state index is 0.331. The monoisotopic (exact) mass is 270 g/mol. The van der Waals surface area contributed by atoms with Gasteiger partial charge < -0.3 is 9.84 Å². The maximum Gasteiger partial charge on any atom is 0.169 e. The molecule has 0 radical (unpaired) electrons. The Kier molecular flexibility index (Phi) is 2.15. The van der Waals surface area contributed by atoms with E-state index in [0.29, 0.717) is 29.1 Å². The Labute approximate surface area is 120 Å². The Bertz CT molecular complexity index is 542. The van der Waals surface area contributed by atoms with E-state index in [1.165, 1.54) is 31.2 Å². The Morgan fingerprint density at radius 2 is 1.95 bits per heavy atom. The molecule has 2 nitrogen and oxygen atoms in total. The summed E-state index contributed by atoms with van der Waals surface area (Å²) in [6.07, 6.45) is 6.02. The molecule has 2 heteroatoms. The van der Waals surface area contributed by atoms with E-state index in [-0.39, 0.29) is 0 Å². The summed E-state index contributed by atoms with van der Waals surface area (Å²) in [5.74, 6) is 1.52. The highest BCUT2D eigenvalue weighted by atomic mass is 16.6. The first-order valence-corrected chi connectivity index (χ1v) is 8.15. The van der Waals surface area contributed by atoms with Crippen LogP contribution in [0.15, 0.2) is 30.3 Å². The summed E-state index contributed by atoms with van der Waals surface area (Å²) in [7, 11) is 0. The van der Waals surface area contributed by atoms with Crippen LogP contribution in [0, 0.1) is 23.2 Å². The summed E-state index contributed by atoms with van der Waals surface area (Å²) in [5.41, 5.74) is 1.82. The second-order valence-corrected chi connectivity index (χ2v) is 7.49. The quantitative estimate of drug-likeness (QED) is 0.848. The molecule has 1 spiro atoms. The zero-order valence-electron chi connectivity index (χ0n) is 11.8. The van der Waals surface area contributed by atoms with E-state index < -0.39 is 5.79 Å². The zero-order valence-corrected chi connectivity index (χ0v) is 11.8. The van der Waals surface area contributed by atoms with Crippen molar-refractivity contribution >= 4 is 0 Å². The smallest absolute Gasteiger partial charge is 0.169 e. The SMILES string of the molecule is O[C@]12C[C@H]3CC[C@H](c4ccccc4)[C@]34CC[C@H](CO1)[C@@H]42. The average molecular weight is 270 g/mol. The molecule has 0 bridgehead atoms. The van der Waals surface area contributed by atoms with Gasteiger partial charge in [-0.2, -0.15) is 0 Å². The van der Waals surface area contributed by atoms with Crippen LogP contribution in [-0.2, 0) is 4.74 Å². The largest absolute Gasteiger partial charge is 0.365 e. The van der Waals surface area contributed by atoms with Gasteiger partial charge in [0, 0.05) is 12.3 Å². The Balaban J connectivity index is 1.64. The summed E-state index contributed by atoms with van der Waals surface area (Å²) in [6.45, 7) is 0.789. The molecule has 1 aromatic carbocycles. The van der Waals surface area contributed by atoms with Gasteiger partial charge in [-0.25, -0.2) is 0 Å². The molecule has 1 saturated heterocycles. The molecule has 0 unspecified atom stereocenters. The fourth-order valence-corrected chi connectivity index (χ4v) is 6.54. The molecule has 0 amide bonds. The van der Waals surface area contributed by atoms with Gasteiger partial charge in [-0.1, -0.05) is 30.3 Å². The lowest BCUT2D eigenvalue weighted by atomic mass is 9.66. The maximum atomic E-state index is 11.0.